The van der Waals surface area contributed by atoms with Crippen LogP contribution in [0.25, 0.3) is 11.1 Å². The summed E-state index contributed by atoms with van der Waals surface area (Å²) in [4.78, 5) is 36.3. The Morgan fingerprint density at radius 2 is 1.74 bits per heavy atom. The summed E-state index contributed by atoms with van der Waals surface area (Å²) in [6.45, 7) is 0.297. The lowest BCUT2D eigenvalue weighted by atomic mass is 9.98. The van der Waals surface area contributed by atoms with Gasteiger partial charge in [-0.3, -0.25) is 4.79 Å². The minimum atomic E-state index is -1.14. The SMILES string of the molecule is O=C(NCc1nocc1C(=O)N[C@@H]1CCO[C@@H]1C(=O)O)OCC1c2ccccc2-c2ccccc21. The number of hydrogen-bond donors (Lipinski definition) is 3. The van der Waals surface area contributed by atoms with Crippen molar-refractivity contribution >= 4 is 18.0 Å². The molecule has 0 bridgehead atoms. The van der Waals surface area contributed by atoms with Gasteiger partial charge in [-0.1, -0.05) is 53.7 Å². The largest absolute Gasteiger partial charge is 0.479 e. The molecule has 3 aromatic rings. The van der Waals surface area contributed by atoms with Crippen LogP contribution in [0.5, 0.6) is 0 Å². The van der Waals surface area contributed by atoms with E-state index in [2.05, 4.69) is 27.9 Å². The lowest BCUT2D eigenvalue weighted by Gasteiger charge is -2.16. The highest BCUT2D eigenvalue weighted by Crippen LogP contribution is 2.44. The van der Waals surface area contributed by atoms with Crippen molar-refractivity contribution in [1.82, 2.24) is 15.8 Å². The van der Waals surface area contributed by atoms with E-state index in [0.29, 0.717) is 6.42 Å². The first-order valence-corrected chi connectivity index (χ1v) is 11.2. The zero-order valence-corrected chi connectivity index (χ0v) is 18.6. The van der Waals surface area contributed by atoms with Gasteiger partial charge in [0.1, 0.15) is 24.1 Å². The molecule has 35 heavy (non-hydrogen) atoms. The van der Waals surface area contributed by atoms with Crippen molar-refractivity contribution in [3.63, 3.8) is 0 Å². The molecule has 2 heterocycles. The second-order valence-electron chi connectivity index (χ2n) is 8.35. The van der Waals surface area contributed by atoms with Crippen LogP contribution in [0.1, 0.15) is 39.5 Å². The van der Waals surface area contributed by atoms with E-state index < -0.39 is 30.1 Å². The number of ether oxygens (including phenoxy) is 2. The minimum absolute atomic E-state index is 0.0719. The Labute approximate surface area is 200 Å². The van der Waals surface area contributed by atoms with Gasteiger partial charge in [-0.05, 0) is 28.7 Å². The second kappa shape index (κ2) is 9.59. The zero-order chi connectivity index (χ0) is 24.4. The monoisotopic (exact) mass is 477 g/mol. The topological polar surface area (TPSA) is 140 Å². The molecule has 0 radical (unpaired) electrons. The van der Waals surface area contributed by atoms with Crippen LogP contribution in [0.3, 0.4) is 0 Å². The molecule has 180 valence electrons. The summed E-state index contributed by atoms with van der Waals surface area (Å²) in [5.41, 5.74) is 4.77. The van der Waals surface area contributed by atoms with E-state index >= 15 is 0 Å². The molecule has 10 heteroatoms. The average molecular weight is 477 g/mol. The van der Waals surface area contributed by atoms with Gasteiger partial charge in [-0.25, -0.2) is 9.59 Å². The molecule has 10 nitrogen and oxygen atoms in total. The molecule has 2 amide bonds. The highest BCUT2D eigenvalue weighted by atomic mass is 16.5. The van der Waals surface area contributed by atoms with Crippen molar-refractivity contribution in [1.29, 1.82) is 0 Å². The van der Waals surface area contributed by atoms with Crippen molar-refractivity contribution < 1.29 is 33.5 Å². The Morgan fingerprint density at radius 1 is 1.06 bits per heavy atom. The van der Waals surface area contributed by atoms with Gasteiger partial charge in [-0.2, -0.15) is 0 Å². The van der Waals surface area contributed by atoms with Crippen LogP contribution in [-0.4, -0.2) is 53.6 Å². The van der Waals surface area contributed by atoms with Gasteiger partial charge in [-0.15, -0.1) is 0 Å². The number of benzene rings is 2. The van der Waals surface area contributed by atoms with Crippen molar-refractivity contribution in [2.24, 2.45) is 0 Å². The number of alkyl carbamates (subject to hydrolysis) is 1. The summed E-state index contributed by atoms with van der Waals surface area (Å²) in [6.07, 6.45) is -0.241. The van der Waals surface area contributed by atoms with Crippen LogP contribution >= 0.6 is 0 Å². The first-order chi connectivity index (χ1) is 17.0. The molecule has 2 aromatic carbocycles. The normalized spacial score (nSPS) is 18.5. The Bertz CT molecular complexity index is 1230. The van der Waals surface area contributed by atoms with Crippen LogP contribution in [0.4, 0.5) is 4.79 Å². The summed E-state index contributed by atoms with van der Waals surface area (Å²) < 4.78 is 15.5. The molecule has 0 unspecified atom stereocenters. The van der Waals surface area contributed by atoms with Gasteiger partial charge in [0.15, 0.2) is 6.10 Å². The lowest BCUT2D eigenvalue weighted by Crippen LogP contribution is -2.44. The highest BCUT2D eigenvalue weighted by Gasteiger charge is 2.36. The predicted octanol–water partition coefficient (Wildman–Crippen LogP) is 2.69. The van der Waals surface area contributed by atoms with Gasteiger partial charge < -0.3 is 29.7 Å². The summed E-state index contributed by atoms with van der Waals surface area (Å²) in [5, 5.41) is 18.2. The molecule has 5 rings (SSSR count). The fourth-order valence-electron chi connectivity index (χ4n) is 4.60. The Balaban J connectivity index is 1.18. The number of amides is 2. The Hall–Kier alpha value is -4.18. The first kappa shape index (κ1) is 22.6. The van der Waals surface area contributed by atoms with Crippen molar-refractivity contribution in [3.8, 4) is 11.1 Å². The molecule has 0 spiro atoms. The van der Waals surface area contributed by atoms with Crippen LogP contribution in [0, 0.1) is 0 Å². The van der Waals surface area contributed by atoms with E-state index in [9.17, 15) is 19.5 Å². The number of aliphatic carboxylic acids is 1. The third-order valence-corrected chi connectivity index (χ3v) is 6.28. The van der Waals surface area contributed by atoms with Crippen molar-refractivity contribution in [2.45, 2.75) is 31.0 Å². The zero-order valence-electron chi connectivity index (χ0n) is 18.6. The summed E-state index contributed by atoms with van der Waals surface area (Å²) >= 11 is 0. The van der Waals surface area contributed by atoms with E-state index in [1.54, 1.807) is 0 Å². The van der Waals surface area contributed by atoms with Crippen LogP contribution in [-0.2, 0) is 20.8 Å². The first-order valence-electron chi connectivity index (χ1n) is 11.2. The standard InChI is InChI=1S/C25H23N3O7/c29-23(27-20-9-10-33-22(20)24(30)31)19-13-35-28-21(19)11-26-25(32)34-12-18-16-7-3-1-5-14(16)15-6-2-4-8-17(15)18/h1-8,13,18,20,22H,9-12H2,(H,26,32)(H,27,29)(H,30,31)/t20-,22+/m1/s1. The molecule has 1 aliphatic heterocycles. The van der Waals surface area contributed by atoms with Gasteiger partial charge >= 0.3 is 12.1 Å². The number of carbonyl (C=O) groups is 3. The molecular weight excluding hydrogens is 454 g/mol. The number of carbonyl (C=O) groups excluding carboxylic acids is 2. The number of fused-ring (bicyclic) bond motifs is 3. The van der Waals surface area contributed by atoms with Crippen molar-refractivity contribution in [3.05, 3.63) is 77.2 Å². The third-order valence-electron chi connectivity index (χ3n) is 6.28. The van der Waals surface area contributed by atoms with E-state index in [1.807, 2.05) is 36.4 Å². The number of nitrogens with zero attached hydrogens (tertiary/aromatic N) is 1. The molecule has 1 saturated heterocycles. The summed E-state index contributed by atoms with van der Waals surface area (Å²) in [6, 6.07) is 15.4. The highest BCUT2D eigenvalue weighted by molar-refractivity contribution is 5.95. The quantitative estimate of drug-likeness (QED) is 0.472. The van der Waals surface area contributed by atoms with Gasteiger partial charge in [0, 0.05) is 12.5 Å². The molecule has 3 N–H and O–H groups in total. The summed E-state index contributed by atoms with van der Waals surface area (Å²) in [5.74, 6) is -1.77. The molecule has 1 fully saturated rings. The van der Waals surface area contributed by atoms with Crippen LogP contribution < -0.4 is 10.6 Å². The number of hydrogen-bond acceptors (Lipinski definition) is 7. The maximum atomic E-state index is 12.6. The fraction of sp³-hybridized carbons (Fsp3) is 0.280. The molecule has 1 aliphatic carbocycles. The fourth-order valence-corrected chi connectivity index (χ4v) is 4.60. The second-order valence-corrected chi connectivity index (χ2v) is 8.35. The Kier molecular flexibility index (Phi) is 6.19. The van der Waals surface area contributed by atoms with Gasteiger partial charge in [0.2, 0.25) is 0 Å². The molecular formula is C25H23N3O7. The lowest BCUT2D eigenvalue weighted by molar-refractivity contribution is -0.148. The van der Waals surface area contributed by atoms with Gasteiger partial charge in [0.25, 0.3) is 5.91 Å². The number of carboxylic acid groups (broad SMARTS) is 1. The molecule has 2 atom stereocenters. The number of rotatable bonds is 7. The van der Waals surface area contributed by atoms with E-state index in [-0.39, 0.29) is 36.9 Å². The minimum Gasteiger partial charge on any atom is -0.479 e. The molecule has 1 aromatic heterocycles. The average Bonchev–Trinajstić information content (AvgIpc) is 3.59. The smallest absolute Gasteiger partial charge is 0.407 e. The van der Waals surface area contributed by atoms with E-state index in [4.69, 9.17) is 14.0 Å². The number of nitrogens with one attached hydrogen (secondary N) is 2. The van der Waals surface area contributed by atoms with Crippen LogP contribution in [0.2, 0.25) is 0 Å². The maximum absolute atomic E-state index is 12.6. The predicted molar refractivity (Wildman–Crippen MR) is 122 cm³/mol. The Morgan fingerprint density at radius 3 is 2.43 bits per heavy atom. The molecule has 2 aliphatic rings. The number of carboxylic acids is 1. The van der Waals surface area contributed by atoms with E-state index in [0.717, 1.165) is 28.5 Å². The van der Waals surface area contributed by atoms with E-state index in [1.165, 1.54) is 0 Å². The van der Waals surface area contributed by atoms with Crippen molar-refractivity contribution in [2.75, 3.05) is 13.2 Å². The summed E-state index contributed by atoms with van der Waals surface area (Å²) in [7, 11) is 0. The number of aromatic nitrogens is 1. The molecule has 0 saturated carbocycles. The third kappa shape index (κ3) is 4.47. The van der Waals surface area contributed by atoms with Crippen LogP contribution in [0.15, 0.2) is 59.3 Å². The maximum Gasteiger partial charge on any atom is 0.407 e. The van der Waals surface area contributed by atoms with Gasteiger partial charge in [0.05, 0.1) is 12.6 Å².